The van der Waals surface area contributed by atoms with Crippen LogP contribution in [0.25, 0.3) is 22.6 Å². The molecule has 166 valence electrons. The molecule has 3 atom stereocenters. The number of Topliss-reactive ketones (excluding diaryl/α,β-unsaturated/α-hetero) is 2. The lowest BCUT2D eigenvalue weighted by Crippen LogP contribution is -2.44. The maximum Gasteiger partial charge on any atom is 0.185 e. The summed E-state index contributed by atoms with van der Waals surface area (Å²) in [6.45, 7) is 1.64. The van der Waals surface area contributed by atoms with Gasteiger partial charge in [0.05, 0.1) is 23.3 Å². The van der Waals surface area contributed by atoms with Gasteiger partial charge in [-0.15, -0.1) is 0 Å². The number of rotatable bonds is 4. The summed E-state index contributed by atoms with van der Waals surface area (Å²) in [6, 6.07) is 29.0. The zero-order valence-corrected chi connectivity index (χ0v) is 18.9. The second-order valence-corrected chi connectivity index (χ2v) is 9.10. The number of benzene rings is 3. The van der Waals surface area contributed by atoms with E-state index in [2.05, 4.69) is 29.2 Å². The summed E-state index contributed by atoms with van der Waals surface area (Å²) in [5.74, 6) is -0.133. The quantitative estimate of drug-likeness (QED) is 0.372. The SMILES string of the molecule is CC(=O)[C@H]1C[C@H](C(=O)c2ccccc2)N2c3ccccc3C=C(c3ccc4ccccc4n3)[C@H]12. The molecule has 1 saturated heterocycles. The molecule has 0 radical (unpaired) electrons. The van der Waals surface area contributed by atoms with Gasteiger partial charge < -0.3 is 4.90 Å². The van der Waals surface area contributed by atoms with Crippen molar-refractivity contribution >= 4 is 39.8 Å². The van der Waals surface area contributed by atoms with Crippen LogP contribution in [0, 0.1) is 5.92 Å². The number of anilines is 1. The average Bonchev–Trinajstić information content (AvgIpc) is 3.29. The minimum atomic E-state index is -0.411. The van der Waals surface area contributed by atoms with Crippen LogP contribution in [-0.2, 0) is 4.79 Å². The highest BCUT2D eigenvalue weighted by Crippen LogP contribution is 2.47. The summed E-state index contributed by atoms with van der Waals surface area (Å²) in [6.07, 6.45) is 2.64. The highest BCUT2D eigenvalue weighted by atomic mass is 16.1. The van der Waals surface area contributed by atoms with Crippen LogP contribution < -0.4 is 4.90 Å². The lowest BCUT2D eigenvalue weighted by atomic mass is 9.85. The monoisotopic (exact) mass is 444 g/mol. The zero-order chi connectivity index (χ0) is 23.2. The van der Waals surface area contributed by atoms with Gasteiger partial charge >= 0.3 is 0 Å². The van der Waals surface area contributed by atoms with Gasteiger partial charge in [0.2, 0.25) is 0 Å². The lowest BCUT2D eigenvalue weighted by Gasteiger charge is -2.38. The van der Waals surface area contributed by atoms with Crippen molar-refractivity contribution in [3.05, 3.63) is 108 Å². The Bertz CT molecular complexity index is 1460. The normalized spacial score (nSPS) is 21.0. The van der Waals surface area contributed by atoms with Crippen molar-refractivity contribution in [1.82, 2.24) is 4.98 Å². The maximum absolute atomic E-state index is 13.7. The van der Waals surface area contributed by atoms with E-state index in [1.165, 1.54) is 0 Å². The first-order valence-electron chi connectivity index (χ1n) is 11.7. The standard InChI is InChI=1S/C30H24N2O2/c1-19(33)23-18-28(30(34)21-10-3-2-4-11-21)32-27-14-8-6-12-22(27)17-24(29(23)32)26-16-15-20-9-5-7-13-25(20)31-26/h2-17,23,28-29H,18H2,1H3/t23-,28-,29+/m1/s1. The third-order valence-electron chi connectivity index (χ3n) is 7.12. The minimum Gasteiger partial charge on any atom is -0.353 e. The Labute approximate surface area is 198 Å². The Morgan fingerprint density at radius 2 is 1.59 bits per heavy atom. The largest absolute Gasteiger partial charge is 0.353 e. The molecule has 0 N–H and O–H groups in total. The molecule has 6 rings (SSSR count). The van der Waals surface area contributed by atoms with Crippen LogP contribution in [0.5, 0.6) is 0 Å². The predicted octanol–water partition coefficient (Wildman–Crippen LogP) is 5.82. The van der Waals surface area contributed by atoms with E-state index in [0.29, 0.717) is 12.0 Å². The van der Waals surface area contributed by atoms with E-state index in [0.717, 1.165) is 33.4 Å². The van der Waals surface area contributed by atoms with Gasteiger partial charge in [-0.2, -0.15) is 0 Å². The van der Waals surface area contributed by atoms with Gasteiger partial charge in [0.25, 0.3) is 0 Å². The van der Waals surface area contributed by atoms with E-state index in [1.54, 1.807) is 6.92 Å². The van der Waals surface area contributed by atoms with E-state index >= 15 is 0 Å². The molecule has 4 heteroatoms. The topological polar surface area (TPSA) is 50.3 Å². The summed E-state index contributed by atoms with van der Waals surface area (Å²) in [5, 5.41) is 1.08. The molecule has 3 heterocycles. The van der Waals surface area contributed by atoms with Crippen molar-refractivity contribution in [1.29, 1.82) is 0 Å². The molecular weight excluding hydrogens is 420 g/mol. The first-order chi connectivity index (χ1) is 16.6. The summed E-state index contributed by atoms with van der Waals surface area (Å²) in [5.41, 5.74) is 5.47. The fraction of sp³-hybridized carbons (Fsp3) is 0.167. The molecule has 2 aliphatic rings. The highest BCUT2D eigenvalue weighted by Gasteiger charge is 2.50. The van der Waals surface area contributed by atoms with Gasteiger partial charge in [0.1, 0.15) is 5.78 Å². The number of pyridine rings is 1. The minimum absolute atomic E-state index is 0.0527. The third-order valence-corrected chi connectivity index (χ3v) is 7.12. The van der Waals surface area contributed by atoms with Crippen LogP contribution in [0.3, 0.4) is 0 Å². The number of aromatic nitrogens is 1. The van der Waals surface area contributed by atoms with Gasteiger partial charge in [-0.25, -0.2) is 4.98 Å². The smallest absolute Gasteiger partial charge is 0.185 e. The van der Waals surface area contributed by atoms with Gasteiger partial charge in [-0.1, -0.05) is 72.8 Å². The Balaban J connectivity index is 1.53. The number of hydrogen-bond acceptors (Lipinski definition) is 4. The Hall–Kier alpha value is -4.05. The molecule has 4 aromatic rings. The van der Waals surface area contributed by atoms with E-state index in [9.17, 15) is 9.59 Å². The Kier molecular flexibility index (Phi) is 4.88. The van der Waals surface area contributed by atoms with Crippen LogP contribution in [0.4, 0.5) is 5.69 Å². The molecule has 3 aromatic carbocycles. The summed E-state index contributed by atoms with van der Waals surface area (Å²) in [4.78, 5) is 33.8. The molecule has 2 aliphatic heterocycles. The van der Waals surface area contributed by atoms with E-state index < -0.39 is 6.04 Å². The Morgan fingerprint density at radius 3 is 2.41 bits per heavy atom. The van der Waals surface area contributed by atoms with Gasteiger partial charge in [-0.05, 0) is 43.2 Å². The van der Waals surface area contributed by atoms with E-state index in [4.69, 9.17) is 4.98 Å². The second kappa shape index (κ2) is 8.07. The van der Waals surface area contributed by atoms with Crippen LogP contribution in [0.2, 0.25) is 0 Å². The van der Waals surface area contributed by atoms with E-state index in [-0.39, 0.29) is 23.5 Å². The summed E-state index contributed by atoms with van der Waals surface area (Å²) >= 11 is 0. The fourth-order valence-corrected chi connectivity index (χ4v) is 5.52. The summed E-state index contributed by atoms with van der Waals surface area (Å²) < 4.78 is 0. The van der Waals surface area contributed by atoms with Crippen LogP contribution >= 0.6 is 0 Å². The van der Waals surface area contributed by atoms with Crippen LogP contribution in [0.15, 0.2) is 91.0 Å². The predicted molar refractivity (Wildman–Crippen MR) is 136 cm³/mol. The summed E-state index contributed by atoms with van der Waals surface area (Å²) in [7, 11) is 0. The molecule has 0 aliphatic carbocycles. The molecule has 0 amide bonds. The molecule has 4 nitrogen and oxygen atoms in total. The highest BCUT2D eigenvalue weighted by molar-refractivity contribution is 6.07. The molecule has 0 bridgehead atoms. The number of para-hydroxylation sites is 2. The number of carbonyl (C=O) groups is 2. The van der Waals surface area contributed by atoms with Gasteiger partial charge in [0, 0.05) is 28.1 Å². The van der Waals surface area contributed by atoms with Crippen LogP contribution in [0.1, 0.15) is 35.0 Å². The van der Waals surface area contributed by atoms with Gasteiger partial charge in [0.15, 0.2) is 5.78 Å². The molecule has 0 saturated carbocycles. The van der Waals surface area contributed by atoms with Crippen molar-refractivity contribution in [3.8, 4) is 0 Å². The molecule has 1 fully saturated rings. The van der Waals surface area contributed by atoms with Gasteiger partial charge in [-0.3, -0.25) is 9.59 Å². The average molecular weight is 445 g/mol. The number of carbonyl (C=O) groups excluding carboxylic acids is 2. The Morgan fingerprint density at radius 1 is 0.853 bits per heavy atom. The first-order valence-corrected chi connectivity index (χ1v) is 11.7. The molecule has 34 heavy (non-hydrogen) atoms. The molecule has 0 unspecified atom stereocenters. The first kappa shape index (κ1) is 20.5. The second-order valence-electron chi connectivity index (χ2n) is 9.10. The molecule has 1 aromatic heterocycles. The number of fused-ring (bicyclic) bond motifs is 4. The zero-order valence-electron chi connectivity index (χ0n) is 18.9. The third kappa shape index (κ3) is 3.26. The number of ketones is 2. The number of hydrogen-bond donors (Lipinski definition) is 0. The van der Waals surface area contributed by atoms with Crippen molar-refractivity contribution in [2.45, 2.75) is 25.4 Å². The number of nitrogens with zero attached hydrogens (tertiary/aromatic N) is 2. The molecule has 0 spiro atoms. The van der Waals surface area contributed by atoms with Crippen molar-refractivity contribution < 1.29 is 9.59 Å². The molecular formula is C30H24N2O2. The van der Waals surface area contributed by atoms with Crippen molar-refractivity contribution in [2.24, 2.45) is 5.92 Å². The van der Waals surface area contributed by atoms with E-state index in [1.807, 2.05) is 72.8 Å². The van der Waals surface area contributed by atoms with Crippen LogP contribution in [-0.4, -0.2) is 28.6 Å². The van der Waals surface area contributed by atoms with Crippen molar-refractivity contribution in [2.75, 3.05) is 4.90 Å². The maximum atomic E-state index is 13.7. The lowest BCUT2D eigenvalue weighted by molar-refractivity contribution is -0.120. The fourth-order valence-electron chi connectivity index (χ4n) is 5.52. The van der Waals surface area contributed by atoms with Crippen molar-refractivity contribution in [3.63, 3.8) is 0 Å².